The lowest BCUT2D eigenvalue weighted by atomic mass is 9.93. The molecule has 2 aliphatic rings. The van der Waals surface area contributed by atoms with E-state index in [2.05, 4.69) is 46.5 Å². The van der Waals surface area contributed by atoms with Crippen LogP contribution in [-0.2, 0) is 9.53 Å². The number of amides is 1. The quantitative estimate of drug-likeness (QED) is 0.614. The van der Waals surface area contributed by atoms with Gasteiger partial charge in [-0.25, -0.2) is 4.98 Å². The molecule has 0 bridgehead atoms. The van der Waals surface area contributed by atoms with E-state index in [0.717, 1.165) is 69.0 Å². The normalized spacial score (nSPS) is 18.5. The van der Waals surface area contributed by atoms with E-state index in [-0.39, 0.29) is 5.91 Å². The predicted octanol–water partition coefficient (Wildman–Crippen LogP) is 3.54. The average Bonchev–Trinajstić information content (AvgIpc) is 3.27. The first-order chi connectivity index (χ1) is 15.1. The Hall–Kier alpha value is -1.83. The molecule has 0 radical (unpaired) electrons. The van der Waals surface area contributed by atoms with Gasteiger partial charge in [-0.1, -0.05) is 23.9 Å². The number of carbonyl (C=O) groups excluding carboxylic acids is 1. The Labute approximate surface area is 190 Å². The van der Waals surface area contributed by atoms with E-state index in [9.17, 15) is 4.79 Å². The summed E-state index contributed by atoms with van der Waals surface area (Å²) in [6, 6.07) is 6.30. The van der Waals surface area contributed by atoms with Crippen LogP contribution in [0.5, 0.6) is 0 Å². The number of imidazole rings is 1. The Kier molecular flexibility index (Phi) is 7.69. The van der Waals surface area contributed by atoms with Gasteiger partial charge in [0.05, 0.1) is 24.7 Å². The molecule has 0 saturated carbocycles. The molecule has 2 aliphatic heterocycles. The fourth-order valence-electron chi connectivity index (χ4n) is 4.45. The number of carbonyl (C=O) groups is 1. The van der Waals surface area contributed by atoms with Crippen LogP contribution >= 0.6 is 11.8 Å². The monoisotopic (exact) mass is 442 g/mol. The standard InChI is InChI=1S/C24H34N4O2S/c1-19-4-3-5-22(20(19)2)28-13-9-25-24(28)31-18-23(29)27-11-7-21(8-12-27)6-10-26-14-16-30-17-15-26/h3-5,9,13,21H,6-8,10-12,14-18H2,1-2H3. The summed E-state index contributed by atoms with van der Waals surface area (Å²) < 4.78 is 7.53. The molecule has 4 rings (SSSR count). The summed E-state index contributed by atoms with van der Waals surface area (Å²) >= 11 is 1.54. The van der Waals surface area contributed by atoms with Crippen molar-refractivity contribution in [1.82, 2.24) is 19.4 Å². The Bertz CT molecular complexity index is 870. The molecule has 0 unspecified atom stereocenters. The lowest BCUT2D eigenvalue weighted by molar-refractivity contribution is -0.129. The molecule has 168 valence electrons. The van der Waals surface area contributed by atoms with Crippen LogP contribution in [0.25, 0.3) is 5.69 Å². The van der Waals surface area contributed by atoms with Gasteiger partial charge in [0.15, 0.2) is 5.16 Å². The minimum absolute atomic E-state index is 0.229. The molecule has 2 aromatic rings. The Balaban J connectivity index is 1.24. The third kappa shape index (κ3) is 5.70. The van der Waals surface area contributed by atoms with Gasteiger partial charge in [-0.3, -0.25) is 14.3 Å². The van der Waals surface area contributed by atoms with Crippen molar-refractivity contribution in [2.45, 2.75) is 38.3 Å². The zero-order valence-electron chi connectivity index (χ0n) is 18.8. The van der Waals surface area contributed by atoms with E-state index < -0.39 is 0 Å². The maximum Gasteiger partial charge on any atom is 0.233 e. The number of likely N-dealkylation sites (tertiary alicyclic amines) is 1. The van der Waals surface area contributed by atoms with Crippen molar-refractivity contribution >= 4 is 17.7 Å². The predicted molar refractivity (Wildman–Crippen MR) is 125 cm³/mol. The summed E-state index contributed by atoms with van der Waals surface area (Å²) in [5, 5.41) is 0.877. The highest BCUT2D eigenvalue weighted by molar-refractivity contribution is 7.99. The van der Waals surface area contributed by atoms with Crippen LogP contribution in [0.3, 0.4) is 0 Å². The number of aryl methyl sites for hydroxylation is 1. The first-order valence-electron chi connectivity index (χ1n) is 11.4. The number of nitrogens with zero attached hydrogens (tertiary/aromatic N) is 4. The van der Waals surface area contributed by atoms with Gasteiger partial charge in [0.1, 0.15) is 0 Å². The van der Waals surface area contributed by atoms with Crippen molar-refractivity contribution in [3.63, 3.8) is 0 Å². The summed E-state index contributed by atoms with van der Waals surface area (Å²) in [5.74, 6) is 1.41. The molecule has 1 amide bonds. The number of hydrogen-bond donors (Lipinski definition) is 0. The average molecular weight is 443 g/mol. The van der Waals surface area contributed by atoms with Gasteiger partial charge in [-0.05, 0) is 62.8 Å². The fourth-order valence-corrected chi connectivity index (χ4v) is 5.32. The second kappa shape index (κ2) is 10.7. The van der Waals surface area contributed by atoms with Gasteiger partial charge in [0.25, 0.3) is 0 Å². The molecule has 7 heteroatoms. The molecule has 0 spiro atoms. The Morgan fingerprint density at radius 3 is 2.71 bits per heavy atom. The van der Waals surface area contributed by atoms with Crippen molar-refractivity contribution in [1.29, 1.82) is 0 Å². The second-order valence-electron chi connectivity index (χ2n) is 8.65. The first-order valence-corrected chi connectivity index (χ1v) is 12.4. The van der Waals surface area contributed by atoms with Gasteiger partial charge in [-0.15, -0.1) is 0 Å². The largest absolute Gasteiger partial charge is 0.379 e. The SMILES string of the molecule is Cc1cccc(-n2ccnc2SCC(=O)N2CCC(CCN3CCOCC3)CC2)c1C. The first kappa shape index (κ1) is 22.4. The van der Waals surface area contributed by atoms with Crippen LogP contribution in [-0.4, -0.2) is 76.9 Å². The number of thioether (sulfide) groups is 1. The number of aromatic nitrogens is 2. The van der Waals surface area contributed by atoms with Gasteiger partial charge >= 0.3 is 0 Å². The Morgan fingerprint density at radius 1 is 1.16 bits per heavy atom. The molecule has 2 saturated heterocycles. The highest BCUT2D eigenvalue weighted by Crippen LogP contribution is 2.26. The molecule has 3 heterocycles. The summed E-state index contributed by atoms with van der Waals surface area (Å²) in [7, 11) is 0. The van der Waals surface area contributed by atoms with Crippen molar-refractivity contribution in [3.8, 4) is 5.69 Å². The molecule has 0 aliphatic carbocycles. The zero-order chi connectivity index (χ0) is 21.6. The number of ether oxygens (including phenoxy) is 1. The van der Waals surface area contributed by atoms with Gasteiger partial charge in [0, 0.05) is 38.6 Å². The fraction of sp³-hybridized carbons (Fsp3) is 0.583. The topological polar surface area (TPSA) is 50.6 Å². The summed E-state index contributed by atoms with van der Waals surface area (Å²) in [4.78, 5) is 21.9. The van der Waals surface area contributed by atoms with Crippen molar-refractivity contribution in [2.24, 2.45) is 5.92 Å². The Morgan fingerprint density at radius 2 is 1.94 bits per heavy atom. The number of benzene rings is 1. The molecule has 1 aromatic heterocycles. The van der Waals surface area contributed by atoms with Crippen LogP contribution in [0.1, 0.15) is 30.4 Å². The maximum absolute atomic E-state index is 12.8. The molecule has 1 aromatic carbocycles. The molecular weight excluding hydrogens is 408 g/mol. The molecule has 0 N–H and O–H groups in total. The molecule has 0 atom stereocenters. The number of morpholine rings is 1. The summed E-state index contributed by atoms with van der Waals surface area (Å²) in [5.41, 5.74) is 3.64. The van der Waals surface area contributed by atoms with Crippen LogP contribution in [0.4, 0.5) is 0 Å². The third-order valence-corrected chi connectivity index (χ3v) is 7.64. The minimum atomic E-state index is 0.229. The molecular formula is C24H34N4O2S. The number of piperidine rings is 1. The van der Waals surface area contributed by atoms with Gasteiger partial charge < -0.3 is 9.64 Å². The lowest BCUT2D eigenvalue weighted by Gasteiger charge is -2.34. The smallest absolute Gasteiger partial charge is 0.233 e. The maximum atomic E-state index is 12.8. The molecule has 31 heavy (non-hydrogen) atoms. The summed E-state index contributed by atoms with van der Waals surface area (Å²) in [6.45, 7) is 11.1. The van der Waals surface area contributed by atoms with Gasteiger partial charge in [0.2, 0.25) is 5.91 Å². The molecule has 6 nitrogen and oxygen atoms in total. The number of hydrogen-bond acceptors (Lipinski definition) is 5. The van der Waals surface area contributed by atoms with Crippen LogP contribution in [0.2, 0.25) is 0 Å². The highest BCUT2D eigenvalue weighted by Gasteiger charge is 2.24. The van der Waals surface area contributed by atoms with Gasteiger partial charge in [-0.2, -0.15) is 0 Å². The summed E-state index contributed by atoms with van der Waals surface area (Å²) in [6.07, 6.45) is 7.28. The minimum Gasteiger partial charge on any atom is -0.379 e. The highest BCUT2D eigenvalue weighted by atomic mass is 32.2. The second-order valence-corrected chi connectivity index (χ2v) is 9.60. The van der Waals surface area contributed by atoms with Crippen molar-refractivity contribution in [2.75, 3.05) is 51.7 Å². The molecule has 2 fully saturated rings. The van der Waals surface area contributed by atoms with E-state index in [4.69, 9.17) is 4.74 Å². The van der Waals surface area contributed by atoms with Crippen LogP contribution in [0, 0.1) is 19.8 Å². The van der Waals surface area contributed by atoms with E-state index in [1.807, 2.05) is 17.3 Å². The van der Waals surface area contributed by atoms with Crippen LogP contribution in [0.15, 0.2) is 35.7 Å². The van der Waals surface area contributed by atoms with E-state index in [0.29, 0.717) is 5.75 Å². The van der Waals surface area contributed by atoms with E-state index in [1.165, 1.54) is 35.9 Å². The third-order valence-electron chi connectivity index (χ3n) is 6.69. The van der Waals surface area contributed by atoms with Crippen molar-refractivity contribution < 1.29 is 9.53 Å². The van der Waals surface area contributed by atoms with Crippen molar-refractivity contribution in [3.05, 3.63) is 41.7 Å². The van der Waals surface area contributed by atoms with Crippen LogP contribution < -0.4 is 0 Å². The van der Waals surface area contributed by atoms with E-state index in [1.54, 1.807) is 0 Å². The van der Waals surface area contributed by atoms with E-state index >= 15 is 0 Å². The number of rotatable bonds is 7. The lowest BCUT2D eigenvalue weighted by Crippen LogP contribution is -2.41. The zero-order valence-corrected chi connectivity index (χ0v) is 19.6.